The molecule has 2 N–H and O–H groups in total. The molecule has 2 aromatic carbocycles. The Morgan fingerprint density at radius 2 is 2.19 bits per heavy atom. The quantitative estimate of drug-likeness (QED) is 0.892. The number of ether oxygens (including phenoxy) is 1. The predicted molar refractivity (Wildman–Crippen MR) is 79.8 cm³/mol. The molecule has 2 aromatic rings. The molecule has 0 unspecified atom stereocenters. The first kappa shape index (κ1) is 13.7. The van der Waals surface area contributed by atoms with Crippen LogP contribution in [0, 0.1) is 5.82 Å². The summed E-state index contributed by atoms with van der Waals surface area (Å²) in [5.74, 6) is -0.383. The fraction of sp³-hybridized carbons (Fsp3) is 0.133. The van der Waals surface area contributed by atoms with E-state index in [2.05, 4.69) is 10.6 Å². The zero-order valence-corrected chi connectivity index (χ0v) is 11.7. The summed E-state index contributed by atoms with van der Waals surface area (Å²) in [6, 6.07) is 9.12. The maximum Gasteiger partial charge on any atom is 0.259 e. The molecular formula is C15H12ClFN2O2. The second-order valence-corrected chi connectivity index (χ2v) is 5.01. The van der Waals surface area contributed by atoms with Gasteiger partial charge in [0.25, 0.3) is 5.91 Å². The van der Waals surface area contributed by atoms with Gasteiger partial charge in [-0.3, -0.25) is 4.79 Å². The number of para-hydroxylation sites is 1. The summed E-state index contributed by atoms with van der Waals surface area (Å²) >= 11 is 5.77. The maximum absolute atomic E-state index is 13.3. The van der Waals surface area contributed by atoms with Gasteiger partial charge < -0.3 is 15.4 Å². The van der Waals surface area contributed by atoms with E-state index in [9.17, 15) is 9.18 Å². The van der Waals surface area contributed by atoms with Crippen LogP contribution in [-0.4, -0.2) is 19.1 Å². The fourth-order valence-electron chi connectivity index (χ4n) is 2.17. The molecule has 3 rings (SSSR count). The minimum absolute atomic E-state index is 0.221. The Labute approximate surface area is 125 Å². The Balaban J connectivity index is 1.89. The number of carbonyl (C=O) groups excluding carboxylic acids is 1. The van der Waals surface area contributed by atoms with Crippen molar-refractivity contribution in [1.82, 2.24) is 0 Å². The van der Waals surface area contributed by atoms with Gasteiger partial charge in [0.15, 0.2) is 5.75 Å². The zero-order chi connectivity index (χ0) is 14.8. The van der Waals surface area contributed by atoms with Gasteiger partial charge in [0.2, 0.25) is 0 Å². The molecule has 1 amide bonds. The van der Waals surface area contributed by atoms with E-state index < -0.39 is 5.82 Å². The molecule has 0 aliphatic carbocycles. The molecule has 21 heavy (non-hydrogen) atoms. The van der Waals surface area contributed by atoms with Gasteiger partial charge in [-0.1, -0.05) is 17.7 Å². The number of hydrogen-bond donors (Lipinski definition) is 2. The molecule has 0 spiro atoms. The van der Waals surface area contributed by atoms with Crippen LogP contribution in [0.1, 0.15) is 10.4 Å². The summed E-state index contributed by atoms with van der Waals surface area (Å²) in [7, 11) is 0. The van der Waals surface area contributed by atoms with Gasteiger partial charge >= 0.3 is 0 Å². The SMILES string of the molecule is O=C(Nc1cc(F)cc(Cl)c1)c1cccc2c1OCCN2. The highest BCUT2D eigenvalue weighted by Crippen LogP contribution is 2.31. The van der Waals surface area contributed by atoms with E-state index in [1.165, 1.54) is 18.2 Å². The molecule has 0 saturated carbocycles. The van der Waals surface area contributed by atoms with Crippen molar-refractivity contribution in [1.29, 1.82) is 0 Å². The number of hydrogen-bond acceptors (Lipinski definition) is 3. The largest absolute Gasteiger partial charge is 0.489 e. The van der Waals surface area contributed by atoms with E-state index in [0.29, 0.717) is 30.2 Å². The summed E-state index contributed by atoms with van der Waals surface area (Å²) < 4.78 is 18.8. The number of fused-ring (bicyclic) bond motifs is 1. The second kappa shape index (κ2) is 5.61. The van der Waals surface area contributed by atoms with Crippen LogP contribution in [-0.2, 0) is 0 Å². The van der Waals surface area contributed by atoms with Crippen LogP contribution in [0.4, 0.5) is 15.8 Å². The summed E-state index contributed by atoms with van der Waals surface area (Å²) in [4.78, 5) is 12.3. The van der Waals surface area contributed by atoms with E-state index in [0.717, 1.165) is 5.69 Å². The monoisotopic (exact) mass is 306 g/mol. The lowest BCUT2D eigenvalue weighted by molar-refractivity contribution is 0.102. The van der Waals surface area contributed by atoms with Gasteiger partial charge in [-0.15, -0.1) is 0 Å². The predicted octanol–water partition coefficient (Wildman–Crippen LogP) is 3.54. The van der Waals surface area contributed by atoms with Crippen molar-refractivity contribution in [2.75, 3.05) is 23.8 Å². The van der Waals surface area contributed by atoms with Gasteiger partial charge in [0, 0.05) is 17.3 Å². The van der Waals surface area contributed by atoms with Crippen molar-refractivity contribution in [3.8, 4) is 5.75 Å². The van der Waals surface area contributed by atoms with Crippen molar-refractivity contribution in [3.63, 3.8) is 0 Å². The highest BCUT2D eigenvalue weighted by atomic mass is 35.5. The summed E-state index contributed by atoms with van der Waals surface area (Å²) in [5, 5.41) is 5.99. The Kier molecular flexibility index (Phi) is 3.66. The first-order valence-electron chi connectivity index (χ1n) is 6.40. The molecule has 1 aliphatic heterocycles. The highest BCUT2D eigenvalue weighted by molar-refractivity contribution is 6.31. The fourth-order valence-corrected chi connectivity index (χ4v) is 2.40. The smallest absolute Gasteiger partial charge is 0.259 e. The lowest BCUT2D eigenvalue weighted by atomic mass is 10.1. The third kappa shape index (κ3) is 2.92. The number of benzene rings is 2. The second-order valence-electron chi connectivity index (χ2n) is 4.57. The molecule has 6 heteroatoms. The van der Waals surface area contributed by atoms with Crippen molar-refractivity contribution < 1.29 is 13.9 Å². The Morgan fingerprint density at radius 1 is 1.33 bits per heavy atom. The first-order chi connectivity index (χ1) is 10.1. The van der Waals surface area contributed by atoms with Gasteiger partial charge in [-0.25, -0.2) is 4.39 Å². The Bertz CT molecular complexity index is 686. The molecule has 0 radical (unpaired) electrons. The Hall–Kier alpha value is -2.27. The van der Waals surface area contributed by atoms with E-state index in [1.807, 2.05) is 6.07 Å². The van der Waals surface area contributed by atoms with Gasteiger partial charge in [-0.2, -0.15) is 0 Å². The molecule has 0 bridgehead atoms. The van der Waals surface area contributed by atoms with E-state index in [4.69, 9.17) is 16.3 Å². The lowest BCUT2D eigenvalue weighted by Crippen LogP contribution is -2.21. The number of rotatable bonds is 2. The van der Waals surface area contributed by atoms with Crippen LogP contribution in [0.3, 0.4) is 0 Å². The van der Waals surface area contributed by atoms with Crippen molar-refractivity contribution >= 4 is 28.9 Å². The van der Waals surface area contributed by atoms with Crippen LogP contribution < -0.4 is 15.4 Å². The number of halogens is 2. The molecule has 1 heterocycles. The van der Waals surface area contributed by atoms with E-state index in [-0.39, 0.29) is 10.9 Å². The average molecular weight is 307 g/mol. The molecule has 0 atom stereocenters. The minimum Gasteiger partial charge on any atom is -0.489 e. The summed E-state index contributed by atoms with van der Waals surface area (Å²) in [6.45, 7) is 1.18. The minimum atomic E-state index is -0.509. The summed E-state index contributed by atoms with van der Waals surface area (Å²) in [6.07, 6.45) is 0. The normalized spacial score (nSPS) is 12.9. The molecule has 1 aliphatic rings. The van der Waals surface area contributed by atoms with Crippen molar-refractivity contribution in [2.24, 2.45) is 0 Å². The molecule has 0 fully saturated rings. The average Bonchev–Trinajstić information content (AvgIpc) is 2.45. The molecule has 108 valence electrons. The molecule has 0 saturated heterocycles. The summed E-state index contributed by atoms with van der Waals surface area (Å²) in [5.41, 5.74) is 1.46. The van der Waals surface area contributed by atoms with Crippen LogP contribution in [0.25, 0.3) is 0 Å². The van der Waals surface area contributed by atoms with E-state index in [1.54, 1.807) is 12.1 Å². The topological polar surface area (TPSA) is 50.4 Å². The van der Waals surface area contributed by atoms with Crippen molar-refractivity contribution in [3.05, 3.63) is 52.8 Å². The number of anilines is 2. The van der Waals surface area contributed by atoms with Gasteiger partial charge in [0.05, 0.1) is 11.3 Å². The van der Waals surface area contributed by atoms with Crippen LogP contribution in [0.2, 0.25) is 5.02 Å². The Morgan fingerprint density at radius 3 is 3.00 bits per heavy atom. The number of amides is 1. The third-order valence-electron chi connectivity index (χ3n) is 3.04. The first-order valence-corrected chi connectivity index (χ1v) is 6.78. The van der Waals surface area contributed by atoms with Crippen LogP contribution in [0.15, 0.2) is 36.4 Å². The standard InChI is InChI=1S/C15H12ClFN2O2/c16-9-6-10(17)8-11(7-9)19-15(20)12-2-1-3-13-14(12)21-5-4-18-13/h1-3,6-8,18H,4-5H2,(H,19,20). The van der Waals surface area contributed by atoms with Crippen LogP contribution >= 0.6 is 11.6 Å². The highest BCUT2D eigenvalue weighted by Gasteiger charge is 2.19. The number of carbonyl (C=O) groups is 1. The van der Waals surface area contributed by atoms with Crippen molar-refractivity contribution in [2.45, 2.75) is 0 Å². The van der Waals surface area contributed by atoms with E-state index >= 15 is 0 Å². The third-order valence-corrected chi connectivity index (χ3v) is 3.26. The zero-order valence-electron chi connectivity index (χ0n) is 11.0. The lowest BCUT2D eigenvalue weighted by Gasteiger charge is -2.21. The number of nitrogens with one attached hydrogen (secondary N) is 2. The molecule has 4 nitrogen and oxygen atoms in total. The molecule has 0 aromatic heterocycles. The van der Waals surface area contributed by atoms with Gasteiger partial charge in [0.1, 0.15) is 12.4 Å². The maximum atomic E-state index is 13.3. The molecular weight excluding hydrogens is 295 g/mol. The van der Waals surface area contributed by atoms with Gasteiger partial charge in [-0.05, 0) is 30.3 Å². The van der Waals surface area contributed by atoms with Crippen LogP contribution in [0.5, 0.6) is 5.75 Å².